The molecule has 0 saturated carbocycles. The van der Waals surface area contributed by atoms with Crippen molar-refractivity contribution in [1.29, 1.82) is 0 Å². The van der Waals surface area contributed by atoms with Crippen molar-refractivity contribution in [3.63, 3.8) is 0 Å². The first-order chi connectivity index (χ1) is 15.4. The van der Waals surface area contributed by atoms with Gasteiger partial charge in [-0.1, -0.05) is 54.6 Å². The molecule has 5 rings (SSSR count). The largest absolute Gasteiger partial charge is 0.311 e. The first kappa shape index (κ1) is 18.8. The fourth-order valence-corrected chi connectivity index (χ4v) is 3.65. The van der Waals surface area contributed by atoms with E-state index in [0.29, 0.717) is 0 Å². The van der Waals surface area contributed by atoms with E-state index in [0.717, 1.165) is 39.6 Å². The fraction of sp³-hybridized carbons (Fsp3) is 0. The van der Waals surface area contributed by atoms with E-state index in [4.69, 9.17) is 0 Å². The van der Waals surface area contributed by atoms with Crippen molar-refractivity contribution in [2.24, 2.45) is 0 Å². The highest BCUT2D eigenvalue weighted by atomic mass is 15.1. The zero-order valence-electron chi connectivity index (χ0n) is 17.0. The monoisotopic (exact) mass is 399 g/mol. The smallest absolute Gasteiger partial charge is 0.0701 e. The molecule has 0 saturated heterocycles. The Labute approximate surface area is 182 Å². The second-order valence-corrected chi connectivity index (χ2v) is 7.19. The molecule has 3 heteroatoms. The average Bonchev–Trinajstić information content (AvgIpc) is 2.87. The van der Waals surface area contributed by atoms with E-state index in [1.807, 2.05) is 54.9 Å². The van der Waals surface area contributed by atoms with Crippen LogP contribution in [0.1, 0.15) is 0 Å². The van der Waals surface area contributed by atoms with Crippen molar-refractivity contribution < 1.29 is 0 Å². The van der Waals surface area contributed by atoms with Gasteiger partial charge in [0, 0.05) is 40.6 Å². The summed E-state index contributed by atoms with van der Waals surface area (Å²) in [5, 5.41) is 0. The molecular weight excluding hydrogens is 378 g/mol. The third kappa shape index (κ3) is 4.07. The number of rotatable bonds is 5. The number of benzene rings is 3. The highest BCUT2D eigenvalue weighted by Crippen LogP contribution is 2.36. The SMILES string of the molecule is c1ccc(N(c2ccc(-c3ccccn3)cc2)c2ccc(-c3ccccn3)cc2)cc1. The number of pyridine rings is 2. The molecular formula is C28H21N3. The van der Waals surface area contributed by atoms with Gasteiger partial charge < -0.3 is 4.90 Å². The first-order valence-electron chi connectivity index (χ1n) is 10.3. The lowest BCUT2D eigenvalue weighted by atomic mass is 10.1. The van der Waals surface area contributed by atoms with Crippen LogP contribution in [0.3, 0.4) is 0 Å². The molecule has 31 heavy (non-hydrogen) atoms. The number of aromatic nitrogens is 2. The minimum Gasteiger partial charge on any atom is -0.311 e. The van der Waals surface area contributed by atoms with Gasteiger partial charge in [-0.2, -0.15) is 0 Å². The normalized spacial score (nSPS) is 10.6. The number of hydrogen-bond acceptors (Lipinski definition) is 3. The number of hydrogen-bond donors (Lipinski definition) is 0. The van der Waals surface area contributed by atoms with Crippen molar-refractivity contribution in [2.45, 2.75) is 0 Å². The maximum absolute atomic E-state index is 4.46. The molecule has 5 aromatic rings. The van der Waals surface area contributed by atoms with E-state index >= 15 is 0 Å². The average molecular weight is 399 g/mol. The Bertz CT molecular complexity index is 1150. The maximum atomic E-state index is 4.46. The predicted octanol–water partition coefficient (Wildman–Crippen LogP) is 7.28. The molecule has 148 valence electrons. The molecule has 3 nitrogen and oxygen atoms in total. The van der Waals surface area contributed by atoms with Crippen molar-refractivity contribution in [3.05, 3.63) is 128 Å². The number of para-hydroxylation sites is 1. The van der Waals surface area contributed by atoms with Crippen LogP contribution in [0.4, 0.5) is 17.1 Å². The van der Waals surface area contributed by atoms with Gasteiger partial charge in [-0.05, 0) is 60.7 Å². The minimum absolute atomic E-state index is 0.972. The van der Waals surface area contributed by atoms with Crippen LogP contribution in [0.5, 0.6) is 0 Å². The molecule has 0 atom stereocenters. The zero-order chi connectivity index (χ0) is 20.9. The topological polar surface area (TPSA) is 29.0 Å². The number of nitrogens with zero attached hydrogens (tertiary/aromatic N) is 3. The van der Waals surface area contributed by atoms with E-state index in [1.54, 1.807) is 0 Å². The Balaban J connectivity index is 1.52. The predicted molar refractivity (Wildman–Crippen MR) is 128 cm³/mol. The highest BCUT2D eigenvalue weighted by molar-refractivity contribution is 5.79. The highest BCUT2D eigenvalue weighted by Gasteiger charge is 2.13. The van der Waals surface area contributed by atoms with Crippen LogP contribution in [-0.2, 0) is 0 Å². The van der Waals surface area contributed by atoms with Crippen LogP contribution in [0.2, 0.25) is 0 Å². The van der Waals surface area contributed by atoms with Gasteiger partial charge in [0.25, 0.3) is 0 Å². The van der Waals surface area contributed by atoms with Crippen LogP contribution in [0.15, 0.2) is 128 Å². The summed E-state index contributed by atoms with van der Waals surface area (Å²) in [7, 11) is 0. The molecule has 2 heterocycles. The van der Waals surface area contributed by atoms with Gasteiger partial charge in [-0.3, -0.25) is 9.97 Å². The molecule has 0 fully saturated rings. The molecule has 0 aliphatic carbocycles. The van der Waals surface area contributed by atoms with Crippen molar-refractivity contribution in [1.82, 2.24) is 9.97 Å². The molecule has 0 unspecified atom stereocenters. The van der Waals surface area contributed by atoms with Gasteiger partial charge in [0.05, 0.1) is 11.4 Å². The van der Waals surface area contributed by atoms with Crippen LogP contribution < -0.4 is 4.90 Å². The summed E-state index contributed by atoms with van der Waals surface area (Å²) in [6.45, 7) is 0. The molecule has 0 N–H and O–H groups in total. The van der Waals surface area contributed by atoms with Gasteiger partial charge in [-0.15, -0.1) is 0 Å². The molecule has 0 amide bonds. The quantitative estimate of drug-likeness (QED) is 0.311. The van der Waals surface area contributed by atoms with Gasteiger partial charge >= 0.3 is 0 Å². The van der Waals surface area contributed by atoms with E-state index < -0.39 is 0 Å². The van der Waals surface area contributed by atoms with Gasteiger partial charge in [-0.25, -0.2) is 0 Å². The summed E-state index contributed by atoms with van der Waals surface area (Å²) in [6.07, 6.45) is 3.64. The Morgan fingerprint density at radius 1 is 0.387 bits per heavy atom. The fourth-order valence-electron chi connectivity index (χ4n) is 3.65. The summed E-state index contributed by atoms with van der Waals surface area (Å²) >= 11 is 0. The maximum Gasteiger partial charge on any atom is 0.0701 e. The van der Waals surface area contributed by atoms with E-state index in [9.17, 15) is 0 Å². The van der Waals surface area contributed by atoms with Crippen molar-refractivity contribution in [2.75, 3.05) is 4.90 Å². The second-order valence-electron chi connectivity index (χ2n) is 7.19. The first-order valence-corrected chi connectivity index (χ1v) is 10.3. The summed E-state index contributed by atoms with van der Waals surface area (Å²) in [4.78, 5) is 11.2. The van der Waals surface area contributed by atoms with Crippen LogP contribution in [0, 0.1) is 0 Å². The Morgan fingerprint density at radius 2 is 0.806 bits per heavy atom. The molecule has 0 spiro atoms. The van der Waals surface area contributed by atoms with Crippen molar-refractivity contribution in [3.8, 4) is 22.5 Å². The molecule has 0 aliphatic heterocycles. The van der Waals surface area contributed by atoms with E-state index in [2.05, 4.69) is 87.7 Å². The van der Waals surface area contributed by atoms with E-state index in [1.165, 1.54) is 0 Å². The summed E-state index contributed by atoms with van der Waals surface area (Å²) in [5.41, 5.74) is 7.44. The van der Waals surface area contributed by atoms with Crippen molar-refractivity contribution >= 4 is 17.1 Å². The third-order valence-corrected chi connectivity index (χ3v) is 5.19. The summed E-state index contributed by atoms with van der Waals surface area (Å²) in [6, 6.07) is 39.4. The molecule has 3 aromatic carbocycles. The van der Waals surface area contributed by atoms with Gasteiger partial charge in [0.2, 0.25) is 0 Å². The third-order valence-electron chi connectivity index (χ3n) is 5.19. The second kappa shape index (κ2) is 8.64. The summed E-state index contributed by atoms with van der Waals surface area (Å²) < 4.78 is 0. The van der Waals surface area contributed by atoms with Gasteiger partial charge in [0.15, 0.2) is 0 Å². The van der Waals surface area contributed by atoms with Crippen LogP contribution in [-0.4, -0.2) is 9.97 Å². The lowest BCUT2D eigenvalue weighted by Crippen LogP contribution is -2.09. The lowest BCUT2D eigenvalue weighted by Gasteiger charge is -2.25. The Kier molecular flexibility index (Phi) is 5.23. The van der Waals surface area contributed by atoms with Crippen LogP contribution >= 0.6 is 0 Å². The summed E-state index contributed by atoms with van der Waals surface area (Å²) in [5.74, 6) is 0. The molecule has 0 aliphatic rings. The zero-order valence-corrected chi connectivity index (χ0v) is 17.0. The molecule has 0 bridgehead atoms. The Hall–Kier alpha value is -4.24. The minimum atomic E-state index is 0.972. The standard InChI is InChI=1S/C28H21N3/c1-2-8-24(9-3-1)31(25-16-12-22(13-17-25)27-10-4-6-20-29-27)26-18-14-23(15-19-26)28-11-5-7-21-30-28/h1-21H. The van der Waals surface area contributed by atoms with E-state index in [-0.39, 0.29) is 0 Å². The van der Waals surface area contributed by atoms with Crippen LogP contribution in [0.25, 0.3) is 22.5 Å². The Morgan fingerprint density at radius 3 is 1.23 bits per heavy atom. The number of anilines is 3. The molecule has 0 radical (unpaired) electrons. The molecule has 2 aromatic heterocycles. The van der Waals surface area contributed by atoms with Gasteiger partial charge in [0.1, 0.15) is 0 Å². The lowest BCUT2D eigenvalue weighted by molar-refractivity contribution is 1.27.